The van der Waals surface area contributed by atoms with Gasteiger partial charge in [-0.3, -0.25) is 4.79 Å². The molecule has 0 spiro atoms. The van der Waals surface area contributed by atoms with E-state index in [9.17, 15) is 9.90 Å². The van der Waals surface area contributed by atoms with E-state index in [2.05, 4.69) is 5.32 Å². The highest BCUT2D eigenvalue weighted by atomic mass is 32.1. The number of phenolic OH excluding ortho intramolecular Hbond substituents is 1. The van der Waals surface area contributed by atoms with E-state index in [0.717, 1.165) is 21.2 Å². The van der Waals surface area contributed by atoms with Gasteiger partial charge in [-0.05, 0) is 31.5 Å². The monoisotopic (exact) mass is 297 g/mol. The van der Waals surface area contributed by atoms with E-state index in [4.69, 9.17) is 0 Å². The molecule has 0 fully saturated rings. The first kappa shape index (κ1) is 13.6. The van der Waals surface area contributed by atoms with Crippen LogP contribution in [0.15, 0.2) is 41.8 Å². The minimum atomic E-state index is -0.118. The van der Waals surface area contributed by atoms with Gasteiger partial charge in [0.15, 0.2) is 0 Å². The minimum Gasteiger partial charge on any atom is -0.507 e. The number of aryl methyl sites for hydroxylation is 1. The van der Waals surface area contributed by atoms with Crippen LogP contribution < -0.4 is 5.32 Å². The van der Waals surface area contributed by atoms with Crippen LogP contribution in [-0.4, -0.2) is 11.0 Å². The first-order valence-electron chi connectivity index (χ1n) is 6.64. The predicted octanol–water partition coefficient (Wildman–Crippen LogP) is 4.48. The summed E-state index contributed by atoms with van der Waals surface area (Å²) in [5, 5.41) is 16.3. The molecule has 1 aromatic heterocycles. The highest BCUT2D eigenvalue weighted by Gasteiger charge is 2.14. The number of carbonyl (C=O) groups is 1. The molecular formula is C17H15NO2S. The standard InChI is InChI=1S/C17H15NO2S/c1-10-11(2)21-9-14(10)17(20)18-15-7-3-6-13-12(15)5-4-8-16(13)19/h3-9,19H,1-2H3,(H,18,20). The summed E-state index contributed by atoms with van der Waals surface area (Å²) >= 11 is 1.58. The topological polar surface area (TPSA) is 49.3 Å². The number of phenols is 1. The van der Waals surface area contributed by atoms with Crippen molar-refractivity contribution in [3.63, 3.8) is 0 Å². The van der Waals surface area contributed by atoms with E-state index in [-0.39, 0.29) is 11.7 Å². The molecule has 0 unspecified atom stereocenters. The van der Waals surface area contributed by atoms with Crippen LogP contribution in [0.1, 0.15) is 20.8 Å². The van der Waals surface area contributed by atoms with Gasteiger partial charge in [0.2, 0.25) is 0 Å². The van der Waals surface area contributed by atoms with Crippen LogP contribution >= 0.6 is 11.3 Å². The van der Waals surface area contributed by atoms with Gasteiger partial charge in [-0.25, -0.2) is 0 Å². The molecule has 0 saturated heterocycles. The van der Waals surface area contributed by atoms with Gasteiger partial charge < -0.3 is 10.4 Å². The van der Waals surface area contributed by atoms with Crippen molar-refractivity contribution in [1.82, 2.24) is 0 Å². The maximum atomic E-state index is 12.4. The van der Waals surface area contributed by atoms with Gasteiger partial charge >= 0.3 is 0 Å². The number of anilines is 1. The van der Waals surface area contributed by atoms with E-state index in [1.165, 1.54) is 0 Å². The lowest BCUT2D eigenvalue weighted by atomic mass is 10.1. The summed E-state index contributed by atoms with van der Waals surface area (Å²) in [5.41, 5.74) is 2.42. The molecule has 3 rings (SSSR count). The molecule has 21 heavy (non-hydrogen) atoms. The number of benzene rings is 2. The third kappa shape index (κ3) is 2.38. The van der Waals surface area contributed by atoms with Crippen LogP contribution in [0.2, 0.25) is 0 Å². The Bertz CT molecular complexity index is 836. The van der Waals surface area contributed by atoms with E-state index >= 15 is 0 Å². The number of amides is 1. The number of rotatable bonds is 2. The highest BCUT2D eigenvalue weighted by Crippen LogP contribution is 2.30. The van der Waals surface area contributed by atoms with Crippen LogP contribution in [0.3, 0.4) is 0 Å². The second kappa shape index (κ2) is 5.22. The molecule has 0 radical (unpaired) electrons. The van der Waals surface area contributed by atoms with Gasteiger partial charge in [-0.15, -0.1) is 11.3 Å². The molecule has 1 amide bonds. The van der Waals surface area contributed by atoms with Crippen molar-refractivity contribution in [3.8, 4) is 5.75 Å². The third-order valence-electron chi connectivity index (χ3n) is 3.68. The maximum absolute atomic E-state index is 12.4. The summed E-state index contributed by atoms with van der Waals surface area (Å²) in [5.74, 6) is 0.0962. The average molecular weight is 297 g/mol. The van der Waals surface area contributed by atoms with Gasteiger partial charge in [0.1, 0.15) is 5.75 Å². The Balaban J connectivity index is 2.01. The molecule has 4 heteroatoms. The van der Waals surface area contributed by atoms with Gasteiger partial charge in [0, 0.05) is 26.7 Å². The second-order valence-corrected chi connectivity index (χ2v) is 6.05. The molecular weight excluding hydrogens is 282 g/mol. The Morgan fingerprint density at radius 2 is 1.81 bits per heavy atom. The fraction of sp³-hybridized carbons (Fsp3) is 0.118. The fourth-order valence-electron chi connectivity index (χ4n) is 2.33. The van der Waals surface area contributed by atoms with Gasteiger partial charge in [0.05, 0.1) is 5.56 Å². The zero-order valence-electron chi connectivity index (χ0n) is 11.8. The molecule has 0 aliphatic heterocycles. The largest absolute Gasteiger partial charge is 0.507 e. The lowest BCUT2D eigenvalue weighted by molar-refractivity contribution is 0.102. The normalized spacial score (nSPS) is 10.8. The van der Waals surface area contributed by atoms with Gasteiger partial charge in [-0.2, -0.15) is 0 Å². The molecule has 0 aliphatic rings. The second-order valence-electron chi connectivity index (χ2n) is 4.96. The molecule has 106 valence electrons. The van der Waals surface area contributed by atoms with Crippen LogP contribution in [0.5, 0.6) is 5.75 Å². The Morgan fingerprint density at radius 1 is 1.10 bits per heavy atom. The predicted molar refractivity (Wildman–Crippen MR) is 87.4 cm³/mol. The summed E-state index contributed by atoms with van der Waals surface area (Å²) < 4.78 is 0. The zero-order valence-corrected chi connectivity index (χ0v) is 12.6. The SMILES string of the molecule is Cc1scc(C(=O)Nc2cccc3c(O)cccc23)c1C. The maximum Gasteiger partial charge on any atom is 0.256 e. The first-order chi connectivity index (χ1) is 10.1. The smallest absolute Gasteiger partial charge is 0.256 e. The zero-order chi connectivity index (χ0) is 15.0. The number of aromatic hydroxyl groups is 1. The average Bonchev–Trinajstić information content (AvgIpc) is 2.80. The summed E-state index contributed by atoms with van der Waals surface area (Å²) in [4.78, 5) is 13.6. The molecule has 2 N–H and O–H groups in total. The number of thiophene rings is 1. The summed E-state index contributed by atoms with van der Waals surface area (Å²) in [6.07, 6.45) is 0. The van der Waals surface area contributed by atoms with Crippen molar-refractivity contribution in [1.29, 1.82) is 0 Å². The van der Waals surface area contributed by atoms with Crippen LogP contribution in [0.4, 0.5) is 5.69 Å². The third-order valence-corrected chi connectivity index (χ3v) is 4.69. The van der Waals surface area contributed by atoms with Crippen LogP contribution in [0.25, 0.3) is 10.8 Å². The van der Waals surface area contributed by atoms with Crippen molar-refractivity contribution in [2.45, 2.75) is 13.8 Å². The highest BCUT2D eigenvalue weighted by molar-refractivity contribution is 7.10. The Labute approximate surface area is 126 Å². The molecule has 0 atom stereocenters. The molecule has 0 aliphatic carbocycles. The minimum absolute atomic E-state index is 0.118. The molecule has 2 aromatic carbocycles. The van der Waals surface area contributed by atoms with Crippen molar-refractivity contribution in [3.05, 3.63) is 57.8 Å². The van der Waals surface area contributed by atoms with E-state index in [0.29, 0.717) is 11.3 Å². The van der Waals surface area contributed by atoms with E-state index < -0.39 is 0 Å². The van der Waals surface area contributed by atoms with Gasteiger partial charge in [0.25, 0.3) is 5.91 Å². The molecule has 0 bridgehead atoms. The van der Waals surface area contributed by atoms with Crippen molar-refractivity contribution >= 4 is 33.7 Å². The summed E-state index contributed by atoms with van der Waals surface area (Å²) in [7, 11) is 0. The van der Waals surface area contributed by atoms with Gasteiger partial charge in [-0.1, -0.05) is 24.3 Å². The van der Waals surface area contributed by atoms with Crippen molar-refractivity contribution < 1.29 is 9.90 Å². The molecule has 3 nitrogen and oxygen atoms in total. The lowest BCUT2D eigenvalue weighted by Crippen LogP contribution is -2.12. The Kier molecular flexibility index (Phi) is 3.39. The molecule has 0 saturated carbocycles. The van der Waals surface area contributed by atoms with E-state index in [1.54, 1.807) is 23.5 Å². The number of nitrogens with one attached hydrogen (secondary N) is 1. The summed E-state index contributed by atoms with van der Waals surface area (Å²) in [6, 6.07) is 10.8. The molecule has 3 aromatic rings. The van der Waals surface area contributed by atoms with E-state index in [1.807, 2.05) is 43.5 Å². The Morgan fingerprint density at radius 3 is 2.52 bits per heavy atom. The first-order valence-corrected chi connectivity index (χ1v) is 7.52. The number of hydrogen-bond donors (Lipinski definition) is 2. The molecule has 1 heterocycles. The van der Waals surface area contributed by atoms with Crippen LogP contribution in [0, 0.1) is 13.8 Å². The fourth-order valence-corrected chi connectivity index (χ4v) is 3.19. The number of fused-ring (bicyclic) bond motifs is 1. The lowest BCUT2D eigenvalue weighted by Gasteiger charge is -2.09. The van der Waals surface area contributed by atoms with Crippen LogP contribution in [-0.2, 0) is 0 Å². The number of hydrogen-bond acceptors (Lipinski definition) is 3. The quantitative estimate of drug-likeness (QED) is 0.733. The number of carbonyl (C=O) groups excluding carboxylic acids is 1. The van der Waals surface area contributed by atoms with Crippen molar-refractivity contribution in [2.75, 3.05) is 5.32 Å². The Hall–Kier alpha value is -2.33. The van der Waals surface area contributed by atoms with Crippen molar-refractivity contribution in [2.24, 2.45) is 0 Å². The summed E-state index contributed by atoms with van der Waals surface area (Å²) in [6.45, 7) is 3.96.